The Morgan fingerprint density at radius 2 is 1.75 bits per heavy atom. The molecule has 0 saturated heterocycles. The molecule has 1 fully saturated rings. The van der Waals surface area contributed by atoms with Crippen LogP contribution in [0.25, 0.3) is 0 Å². The summed E-state index contributed by atoms with van der Waals surface area (Å²) in [6.07, 6.45) is 3.92. The molecule has 1 saturated carbocycles. The molecule has 0 aromatic heterocycles. The van der Waals surface area contributed by atoms with E-state index in [1.54, 1.807) is 25.7 Å². The van der Waals surface area contributed by atoms with Crippen molar-refractivity contribution in [3.63, 3.8) is 0 Å². The minimum absolute atomic E-state index is 0.0103. The van der Waals surface area contributed by atoms with Crippen LogP contribution >= 0.6 is 0 Å². The first-order valence-corrected chi connectivity index (χ1v) is 10.0. The van der Waals surface area contributed by atoms with Crippen LogP contribution < -0.4 is 4.90 Å². The molecule has 3 rings (SSSR count). The third kappa shape index (κ3) is 4.72. The van der Waals surface area contributed by atoms with Crippen molar-refractivity contribution < 1.29 is 23.9 Å². The van der Waals surface area contributed by atoms with Crippen LogP contribution in [0.15, 0.2) is 24.3 Å². The minimum Gasteiger partial charge on any atom is -0.457 e. The summed E-state index contributed by atoms with van der Waals surface area (Å²) in [6.45, 7) is 5.51. The maximum absolute atomic E-state index is 13.2. The van der Waals surface area contributed by atoms with Gasteiger partial charge < -0.3 is 14.4 Å². The van der Waals surface area contributed by atoms with Gasteiger partial charge in [0, 0.05) is 12.2 Å². The quantitative estimate of drug-likeness (QED) is 0.742. The van der Waals surface area contributed by atoms with Gasteiger partial charge in [-0.2, -0.15) is 0 Å². The van der Waals surface area contributed by atoms with E-state index in [2.05, 4.69) is 0 Å². The third-order valence-electron chi connectivity index (χ3n) is 5.29. The van der Waals surface area contributed by atoms with E-state index >= 15 is 0 Å². The predicted molar refractivity (Wildman–Crippen MR) is 105 cm³/mol. The van der Waals surface area contributed by atoms with Gasteiger partial charge in [0.2, 0.25) is 5.91 Å². The highest BCUT2D eigenvalue weighted by Gasteiger charge is 2.40. The summed E-state index contributed by atoms with van der Waals surface area (Å²) in [5.41, 5.74) is 1.48. The van der Waals surface area contributed by atoms with Crippen LogP contribution in [0.3, 0.4) is 0 Å². The normalized spacial score (nSPS) is 21.8. The molecule has 0 N–H and O–H groups in total. The van der Waals surface area contributed by atoms with Crippen LogP contribution in [0.5, 0.6) is 0 Å². The molecule has 0 spiro atoms. The molecule has 1 aliphatic heterocycles. The van der Waals surface area contributed by atoms with E-state index in [0.717, 1.165) is 30.5 Å². The fourth-order valence-electron chi connectivity index (χ4n) is 4.08. The Kier molecular flexibility index (Phi) is 6.06. The molecule has 1 aliphatic carbocycles. The molecule has 0 bridgehead atoms. The van der Waals surface area contributed by atoms with E-state index in [9.17, 15) is 14.4 Å². The summed E-state index contributed by atoms with van der Waals surface area (Å²) < 4.78 is 10.4. The summed E-state index contributed by atoms with van der Waals surface area (Å²) >= 11 is 0. The van der Waals surface area contributed by atoms with E-state index in [-0.39, 0.29) is 5.91 Å². The Labute approximate surface area is 166 Å². The molecule has 0 radical (unpaired) electrons. The smallest absolute Gasteiger partial charge is 0.344 e. The molecule has 1 aromatic carbocycles. The maximum atomic E-state index is 13.2. The second kappa shape index (κ2) is 8.33. The summed E-state index contributed by atoms with van der Waals surface area (Å²) in [6, 6.07) is 7.90. The number of nitrogens with zero attached hydrogens (tertiary/aromatic N) is 1. The van der Waals surface area contributed by atoms with Gasteiger partial charge in [0.1, 0.15) is 5.60 Å². The third-order valence-corrected chi connectivity index (χ3v) is 5.29. The van der Waals surface area contributed by atoms with Gasteiger partial charge in [-0.1, -0.05) is 31.0 Å². The minimum atomic E-state index is -0.629. The molecule has 1 heterocycles. The monoisotopic (exact) mass is 387 g/mol. The van der Waals surface area contributed by atoms with Crippen molar-refractivity contribution in [2.75, 3.05) is 18.1 Å². The lowest BCUT2D eigenvalue weighted by Gasteiger charge is -2.32. The molecule has 1 amide bonds. The van der Waals surface area contributed by atoms with E-state index in [0.29, 0.717) is 19.4 Å². The zero-order valence-corrected chi connectivity index (χ0v) is 16.9. The number of rotatable bonds is 4. The Hall–Kier alpha value is -2.37. The predicted octanol–water partition coefficient (Wildman–Crippen LogP) is 3.27. The van der Waals surface area contributed by atoms with Gasteiger partial charge in [-0.25, -0.2) is 4.79 Å². The van der Waals surface area contributed by atoms with Crippen molar-refractivity contribution in [3.05, 3.63) is 29.8 Å². The Bertz CT molecular complexity index is 752. The fraction of sp³-hybridized carbons (Fsp3) is 0.591. The summed E-state index contributed by atoms with van der Waals surface area (Å²) in [7, 11) is 0. The first-order valence-electron chi connectivity index (χ1n) is 10.0. The first kappa shape index (κ1) is 20.4. The summed E-state index contributed by atoms with van der Waals surface area (Å²) in [4.78, 5) is 39.5. The molecule has 2 unspecified atom stereocenters. The van der Waals surface area contributed by atoms with Crippen LogP contribution in [0, 0.1) is 11.8 Å². The highest BCUT2D eigenvalue weighted by atomic mass is 16.6. The largest absolute Gasteiger partial charge is 0.457 e. The van der Waals surface area contributed by atoms with Gasteiger partial charge in [0.25, 0.3) is 0 Å². The molecule has 6 nitrogen and oxygen atoms in total. The second-order valence-corrected chi connectivity index (χ2v) is 8.56. The molecular weight excluding hydrogens is 358 g/mol. The molecule has 2 aliphatic rings. The van der Waals surface area contributed by atoms with Gasteiger partial charge in [0.15, 0.2) is 6.61 Å². The van der Waals surface area contributed by atoms with E-state index in [1.807, 2.05) is 24.3 Å². The average molecular weight is 387 g/mol. The Morgan fingerprint density at radius 1 is 1.07 bits per heavy atom. The average Bonchev–Trinajstić information content (AvgIpc) is 3.08. The SMILES string of the molecule is CC(C)(C)OC(=O)COC(=O)C1CCCCC1C(=O)N1CCc2ccccc21. The van der Waals surface area contributed by atoms with E-state index in [1.165, 1.54) is 0 Å². The van der Waals surface area contributed by atoms with Crippen molar-refractivity contribution in [3.8, 4) is 0 Å². The van der Waals surface area contributed by atoms with E-state index < -0.39 is 36.0 Å². The molecule has 2 atom stereocenters. The number of carbonyl (C=O) groups is 3. The summed E-state index contributed by atoms with van der Waals surface area (Å²) in [5, 5.41) is 0. The van der Waals surface area contributed by atoms with Crippen molar-refractivity contribution in [2.24, 2.45) is 11.8 Å². The number of benzene rings is 1. The molecule has 1 aromatic rings. The fourth-order valence-corrected chi connectivity index (χ4v) is 4.08. The van der Waals surface area contributed by atoms with Gasteiger partial charge in [0.05, 0.1) is 11.8 Å². The summed E-state index contributed by atoms with van der Waals surface area (Å²) in [5.74, 6) is -1.96. The van der Waals surface area contributed by atoms with Crippen molar-refractivity contribution in [1.29, 1.82) is 0 Å². The van der Waals surface area contributed by atoms with Crippen molar-refractivity contribution >= 4 is 23.5 Å². The van der Waals surface area contributed by atoms with Crippen molar-refractivity contribution in [1.82, 2.24) is 0 Å². The highest BCUT2D eigenvalue weighted by molar-refractivity contribution is 5.99. The number of carbonyl (C=O) groups excluding carboxylic acids is 3. The molecule has 6 heteroatoms. The van der Waals surface area contributed by atoms with Crippen LogP contribution in [0.4, 0.5) is 5.69 Å². The van der Waals surface area contributed by atoms with Crippen LogP contribution in [-0.2, 0) is 30.3 Å². The van der Waals surface area contributed by atoms with Gasteiger partial charge in [-0.05, 0) is 51.7 Å². The lowest BCUT2D eigenvalue weighted by Crippen LogP contribution is -2.42. The van der Waals surface area contributed by atoms with Crippen LogP contribution in [0.2, 0.25) is 0 Å². The standard InChI is InChI=1S/C22H29NO5/c1-22(2,3)28-19(24)14-27-21(26)17-10-6-5-9-16(17)20(25)23-13-12-15-8-4-7-11-18(15)23/h4,7-8,11,16-17H,5-6,9-10,12-14H2,1-3H3. The number of ether oxygens (including phenoxy) is 2. The van der Waals surface area contributed by atoms with Gasteiger partial charge in [-0.15, -0.1) is 0 Å². The zero-order valence-electron chi connectivity index (χ0n) is 16.9. The number of esters is 2. The number of hydrogen-bond acceptors (Lipinski definition) is 5. The molecular formula is C22H29NO5. The van der Waals surface area contributed by atoms with Gasteiger partial charge in [-0.3, -0.25) is 9.59 Å². The second-order valence-electron chi connectivity index (χ2n) is 8.56. The molecule has 152 valence electrons. The van der Waals surface area contributed by atoms with Crippen LogP contribution in [0.1, 0.15) is 52.0 Å². The Morgan fingerprint density at radius 3 is 2.46 bits per heavy atom. The Balaban J connectivity index is 1.65. The molecule has 28 heavy (non-hydrogen) atoms. The highest BCUT2D eigenvalue weighted by Crippen LogP contribution is 2.36. The van der Waals surface area contributed by atoms with Crippen molar-refractivity contribution in [2.45, 2.75) is 58.5 Å². The lowest BCUT2D eigenvalue weighted by atomic mass is 9.78. The zero-order chi connectivity index (χ0) is 20.3. The maximum Gasteiger partial charge on any atom is 0.344 e. The number of para-hydroxylation sites is 1. The topological polar surface area (TPSA) is 72.9 Å². The van der Waals surface area contributed by atoms with Gasteiger partial charge >= 0.3 is 11.9 Å². The first-order chi connectivity index (χ1) is 13.3. The number of fused-ring (bicyclic) bond motifs is 1. The van der Waals surface area contributed by atoms with E-state index in [4.69, 9.17) is 9.47 Å². The number of anilines is 1. The number of hydrogen-bond donors (Lipinski definition) is 0. The van der Waals surface area contributed by atoms with Crippen LogP contribution in [-0.4, -0.2) is 36.6 Å². The lowest BCUT2D eigenvalue weighted by molar-refractivity contribution is -0.170. The number of amides is 1.